The first-order valence-electron chi connectivity index (χ1n) is 8.99. The van der Waals surface area contributed by atoms with Gasteiger partial charge >= 0.3 is 0 Å². The van der Waals surface area contributed by atoms with Crippen LogP contribution in [0.2, 0.25) is 5.02 Å². The van der Waals surface area contributed by atoms with E-state index in [0.29, 0.717) is 16.3 Å². The van der Waals surface area contributed by atoms with Crippen LogP contribution in [-0.4, -0.2) is 34.3 Å². The van der Waals surface area contributed by atoms with Gasteiger partial charge in [-0.2, -0.15) is 5.10 Å². The fourth-order valence-corrected chi connectivity index (χ4v) is 3.96. The van der Waals surface area contributed by atoms with Gasteiger partial charge in [-0.05, 0) is 30.7 Å². The molecule has 0 bridgehead atoms. The van der Waals surface area contributed by atoms with Gasteiger partial charge < -0.3 is 0 Å². The number of rotatable bonds is 4. The molecule has 2 amide bonds. The Kier molecular flexibility index (Phi) is 4.62. The summed E-state index contributed by atoms with van der Waals surface area (Å²) in [5.74, 6) is -2.90. The van der Waals surface area contributed by atoms with E-state index in [4.69, 9.17) is 11.6 Å². The van der Waals surface area contributed by atoms with Crippen LogP contribution in [0.5, 0.6) is 0 Å². The maximum absolute atomic E-state index is 13.4. The maximum atomic E-state index is 13.4. The van der Waals surface area contributed by atoms with Gasteiger partial charge in [-0.15, -0.1) is 0 Å². The van der Waals surface area contributed by atoms with Crippen LogP contribution in [0.4, 0.5) is 17.1 Å². The number of amides is 2. The van der Waals surface area contributed by atoms with Crippen molar-refractivity contribution in [3.8, 4) is 0 Å². The van der Waals surface area contributed by atoms with Crippen molar-refractivity contribution in [3.63, 3.8) is 0 Å². The number of ketones is 1. The Morgan fingerprint density at radius 1 is 1.10 bits per heavy atom. The second-order valence-corrected chi connectivity index (χ2v) is 7.36. The summed E-state index contributed by atoms with van der Waals surface area (Å²) in [5.41, 5.74) is 0.456. The van der Waals surface area contributed by atoms with Crippen molar-refractivity contribution in [1.29, 1.82) is 0 Å². The molecule has 4 rings (SSSR count). The average molecular weight is 427 g/mol. The number of carbonyl (C=O) groups excluding carboxylic acids is 3. The van der Waals surface area contributed by atoms with Crippen LogP contribution < -0.4 is 9.91 Å². The molecular formula is C20H15ClN4O5. The van der Waals surface area contributed by atoms with E-state index in [-0.39, 0.29) is 17.1 Å². The quantitative estimate of drug-likeness (QED) is 0.422. The Labute approximate surface area is 175 Å². The third-order valence-electron chi connectivity index (χ3n) is 5.22. The van der Waals surface area contributed by atoms with Gasteiger partial charge in [0.1, 0.15) is 23.4 Å². The summed E-state index contributed by atoms with van der Waals surface area (Å²) in [6.45, 7) is 2.91. The second-order valence-electron chi connectivity index (χ2n) is 6.95. The van der Waals surface area contributed by atoms with Gasteiger partial charge in [-0.1, -0.05) is 29.8 Å². The smallest absolute Gasteiger partial charge is 0.293 e. The van der Waals surface area contributed by atoms with Crippen molar-refractivity contribution in [3.05, 3.63) is 63.2 Å². The number of anilines is 2. The number of hydrogen-bond donors (Lipinski definition) is 0. The normalized spacial score (nSPS) is 20.4. The lowest BCUT2D eigenvalue weighted by Gasteiger charge is -2.22. The Morgan fingerprint density at radius 2 is 1.77 bits per heavy atom. The zero-order valence-electron chi connectivity index (χ0n) is 15.9. The number of carbonyl (C=O) groups is 3. The molecule has 0 unspecified atom stereocenters. The minimum atomic E-state index is -1.20. The lowest BCUT2D eigenvalue weighted by atomic mass is 9.95. The van der Waals surface area contributed by atoms with Crippen LogP contribution in [0.1, 0.15) is 12.5 Å². The molecule has 2 aliphatic rings. The maximum Gasteiger partial charge on any atom is 0.294 e. The summed E-state index contributed by atoms with van der Waals surface area (Å²) in [7, 11) is 0. The number of benzene rings is 2. The van der Waals surface area contributed by atoms with Crippen molar-refractivity contribution < 1.29 is 19.3 Å². The third-order valence-corrected chi connectivity index (χ3v) is 5.62. The standard InChI is InChI=1S/C20H15ClN4O5/c1-10-12(21)6-5-9-13(10)23-19(27)16-17(11(2)26)22-24(18(16)20(23)28)14-7-3-4-8-15(14)25(29)30/h3-9,16,18H,1-2H3/t16-,18+/m0/s1. The number of fused-ring (bicyclic) bond motifs is 1. The lowest BCUT2D eigenvalue weighted by Crippen LogP contribution is -2.39. The number of hydrogen-bond acceptors (Lipinski definition) is 7. The summed E-state index contributed by atoms with van der Waals surface area (Å²) in [6, 6.07) is 9.35. The number of Topliss-reactive ketones (excluding diaryl/α,β-unsaturated/α-hetero) is 1. The van der Waals surface area contributed by atoms with Gasteiger partial charge in [0.05, 0.1) is 10.6 Å². The molecule has 1 saturated heterocycles. The average Bonchev–Trinajstić information content (AvgIpc) is 3.22. The zero-order valence-corrected chi connectivity index (χ0v) is 16.7. The predicted molar refractivity (Wildman–Crippen MR) is 110 cm³/mol. The van der Waals surface area contributed by atoms with Crippen LogP contribution >= 0.6 is 11.6 Å². The first-order chi connectivity index (χ1) is 14.2. The van der Waals surface area contributed by atoms with Crippen LogP contribution in [0.3, 0.4) is 0 Å². The molecule has 30 heavy (non-hydrogen) atoms. The predicted octanol–water partition coefficient (Wildman–Crippen LogP) is 2.88. The van der Waals surface area contributed by atoms with Gasteiger partial charge in [-0.3, -0.25) is 24.5 Å². The molecule has 1 fully saturated rings. The Hall–Kier alpha value is -3.59. The minimum Gasteiger partial charge on any atom is -0.293 e. The number of halogens is 1. The highest BCUT2D eigenvalue weighted by Gasteiger charge is 2.59. The van der Waals surface area contributed by atoms with Crippen LogP contribution in [-0.2, 0) is 14.4 Å². The van der Waals surface area contributed by atoms with Gasteiger partial charge in [-0.25, -0.2) is 9.91 Å². The van der Waals surface area contributed by atoms with Crippen molar-refractivity contribution in [2.45, 2.75) is 19.9 Å². The molecule has 0 spiro atoms. The minimum absolute atomic E-state index is 0.0274. The second kappa shape index (κ2) is 7.03. The SMILES string of the molecule is CC(=O)C1=NN(c2ccccc2[N+](=O)[O-])[C@H]2C(=O)N(c3cccc(Cl)c3C)C(=O)[C@@H]12. The molecule has 0 radical (unpaired) electrons. The zero-order chi connectivity index (χ0) is 21.7. The molecule has 2 aromatic carbocycles. The van der Waals surface area contributed by atoms with Gasteiger partial charge in [0.15, 0.2) is 5.78 Å². The van der Waals surface area contributed by atoms with E-state index in [1.54, 1.807) is 31.2 Å². The molecule has 2 aliphatic heterocycles. The molecule has 0 N–H and O–H groups in total. The van der Waals surface area contributed by atoms with Gasteiger partial charge in [0.2, 0.25) is 5.91 Å². The molecule has 2 atom stereocenters. The number of nitro benzene ring substituents is 1. The van der Waals surface area contributed by atoms with Gasteiger partial charge in [0.25, 0.3) is 11.6 Å². The largest absolute Gasteiger partial charge is 0.294 e. The fraction of sp³-hybridized carbons (Fsp3) is 0.200. The summed E-state index contributed by atoms with van der Waals surface area (Å²) in [5, 5.41) is 17.1. The third kappa shape index (κ3) is 2.78. The molecule has 0 aromatic heterocycles. The molecule has 9 nitrogen and oxygen atoms in total. The van der Waals surface area contributed by atoms with Crippen LogP contribution in [0.25, 0.3) is 0 Å². The van der Waals surface area contributed by atoms with Crippen molar-refractivity contribution in [2.24, 2.45) is 11.0 Å². The molecule has 2 aromatic rings. The monoisotopic (exact) mass is 426 g/mol. The first kappa shape index (κ1) is 19.7. The molecule has 10 heteroatoms. The van der Waals surface area contributed by atoms with E-state index in [0.717, 1.165) is 9.91 Å². The van der Waals surface area contributed by atoms with Crippen molar-refractivity contribution in [1.82, 2.24) is 0 Å². The number of para-hydroxylation sites is 2. The number of nitrogens with zero attached hydrogens (tertiary/aromatic N) is 4. The highest BCUT2D eigenvalue weighted by atomic mass is 35.5. The molecule has 0 aliphatic carbocycles. The van der Waals surface area contributed by atoms with E-state index in [1.165, 1.54) is 25.1 Å². The summed E-state index contributed by atoms with van der Waals surface area (Å²) >= 11 is 6.16. The van der Waals surface area contributed by atoms with Gasteiger partial charge in [0, 0.05) is 18.0 Å². The highest BCUT2D eigenvalue weighted by Crippen LogP contribution is 2.41. The fourth-order valence-electron chi connectivity index (χ4n) is 3.79. The molecule has 2 heterocycles. The molecule has 152 valence electrons. The highest BCUT2D eigenvalue weighted by molar-refractivity contribution is 6.49. The number of nitro groups is 1. The summed E-state index contributed by atoms with van der Waals surface area (Å²) in [4.78, 5) is 50.7. The Bertz CT molecular complexity index is 1160. The van der Waals surface area contributed by atoms with E-state index in [1.807, 2.05) is 0 Å². The topological polar surface area (TPSA) is 113 Å². The summed E-state index contributed by atoms with van der Waals surface area (Å²) < 4.78 is 0. The number of imide groups is 1. The van der Waals surface area contributed by atoms with Crippen molar-refractivity contribution >= 4 is 52.0 Å². The lowest BCUT2D eigenvalue weighted by molar-refractivity contribution is -0.384. The van der Waals surface area contributed by atoms with Crippen LogP contribution in [0.15, 0.2) is 47.6 Å². The van der Waals surface area contributed by atoms with E-state index < -0.39 is 34.5 Å². The van der Waals surface area contributed by atoms with Crippen LogP contribution in [0, 0.1) is 23.0 Å². The Balaban J connectivity index is 1.87. The Morgan fingerprint density at radius 3 is 2.43 bits per heavy atom. The number of hydrazone groups is 1. The van der Waals surface area contributed by atoms with E-state index in [9.17, 15) is 24.5 Å². The van der Waals surface area contributed by atoms with Crippen molar-refractivity contribution in [2.75, 3.05) is 9.91 Å². The summed E-state index contributed by atoms with van der Waals surface area (Å²) in [6.07, 6.45) is 0. The first-order valence-corrected chi connectivity index (χ1v) is 9.37. The van der Waals surface area contributed by atoms with E-state index >= 15 is 0 Å². The van der Waals surface area contributed by atoms with E-state index in [2.05, 4.69) is 5.10 Å². The molecule has 0 saturated carbocycles. The molecular weight excluding hydrogens is 412 g/mol.